The van der Waals surface area contributed by atoms with Gasteiger partial charge in [-0.25, -0.2) is 0 Å². The average molecular weight is 349 g/mol. The summed E-state index contributed by atoms with van der Waals surface area (Å²) in [5, 5.41) is 15.3. The van der Waals surface area contributed by atoms with Gasteiger partial charge in [0.25, 0.3) is 5.91 Å². The number of hydrogen-bond acceptors (Lipinski definition) is 4. The second kappa shape index (κ2) is 7.07. The van der Waals surface area contributed by atoms with Crippen LogP contribution in [0, 0.1) is 0 Å². The smallest absolute Gasteiger partial charge is 0.250 e. The van der Waals surface area contributed by atoms with E-state index in [1.807, 2.05) is 54.6 Å². The van der Waals surface area contributed by atoms with Crippen LogP contribution >= 0.6 is 0 Å². The lowest BCUT2D eigenvalue weighted by Crippen LogP contribution is -2.25. The minimum Gasteiger partial charge on any atom is -0.324 e. The van der Waals surface area contributed by atoms with Crippen LogP contribution in [0.1, 0.15) is 39.3 Å². The standard InChI is InChI=1S/C20H23N5O/c1-14(25-23-18(22-24-25)15-8-6-5-7-9-15)19(26)21-17-12-10-16(11-13-17)20(2,3)4/h5-14H,1-4H3,(H,21,26). The second-order valence-corrected chi connectivity index (χ2v) is 7.29. The molecular formula is C20H23N5O. The topological polar surface area (TPSA) is 72.7 Å². The first-order valence-corrected chi connectivity index (χ1v) is 8.61. The lowest BCUT2D eigenvalue weighted by atomic mass is 9.87. The second-order valence-electron chi connectivity index (χ2n) is 7.29. The van der Waals surface area contributed by atoms with Gasteiger partial charge in [-0.1, -0.05) is 63.2 Å². The summed E-state index contributed by atoms with van der Waals surface area (Å²) in [6.07, 6.45) is 0. The quantitative estimate of drug-likeness (QED) is 0.777. The van der Waals surface area contributed by atoms with Crippen molar-refractivity contribution in [3.8, 4) is 11.4 Å². The Kier molecular flexibility index (Phi) is 4.84. The fourth-order valence-electron chi connectivity index (χ4n) is 2.50. The lowest BCUT2D eigenvalue weighted by molar-refractivity contribution is -0.119. The molecule has 0 saturated heterocycles. The molecule has 3 rings (SSSR count). The molecule has 1 amide bonds. The maximum absolute atomic E-state index is 12.5. The van der Waals surface area contributed by atoms with Gasteiger partial charge in [0, 0.05) is 11.3 Å². The molecule has 6 nitrogen and oxygen atoms in total. The van der Waals surface area contributed by atoms with E-state index in [1.54, 1.807) is 6.92 Å². The summed E-state index contributed by atoms with van der Waals surface area (Å²) in [7, 11) is 0. The third-order valence-corrected chi connectivity index (χ3v) is 4.20. The average Bonchev–Trinajstić information content (AvgIpc) is 3.11. The maximum atomic E-state index is 12.5. The van der Waals surface area contributed by atoms with Crippen molar-refractivity contribution in [3.63, 3.8) is 0 Å². The molecule has 26 heavy (non-hydrogen) atoms. The van der Waals surface area contributed by atoms with E-state index in [4.69, 9.17) is 0 Å². The number of benzene rings is 2. The first-order chi connectivity index (χ1) is 12.3. The molecule has 1 heterocycles. The number of amides is 1. The van der Waals surface area contributed by atoms with E-state index in [1.165, 1.54) is 10.4 Å². The highest BCUT2D eigenvalue weighted by Crippen LogP contribution is 2.23. The SMILES string of the molecule is CC(C(=O)Nc1ccc(C(C)(C)C)cc1)n1nnc(-c2ccccc2)n1. The van der Waals surface area contributed by atoms with Gasteiger partial charge in [0.2, 0.25) is 5.82 Å². The number of anilines is 1. The molecule has 1 unspecified atom stereocenters. The summed E-state index contributed by atoms with van der Waals surface area (Å²) in [4.78, 5) is 13.8. The number of hydrogen-bond donors (Lipinski definition) is 1. The molecule has 134 valence electrons. The monoisotopic (exact) mass is 349 g/mol. The summed E-state index contributed by atoms with van der Waals surface area (Å²) in [5.41, 5.74) is 2.91. The van der Waals surface area contributed by atoms with Crippen LogP contribution in [-0.4, -0.2) is 26.1 Å². The van der Waals surface area contributed by atoms with Crippen LogP contribution in [0.25, 0.3) is 11.4 Å². The molecule has 2 aromatic carbocycles. The molecule has 0 bridgehead atoms. The van der Waals surface area contributed by atoms with Crippen molar-refractivity contribution in [1.29, 1.82) is 0 Å². The van der Waals surface area contributed by atoms with E-state index in [-0.39, 0.29) is 11.3 Å². The molecule has 0 radical (unpaired) electrons. The molecule has 0 fully saturated rings. The minimum atomic E-state index is -0.567. The van der Waals surface area contributed by atoms with Gasteiger partial charge in [0.1, 0.15) is 6.04 Å². The molecule has 1 N–H and O–H groups in total. The van der Waals surface area contributed by atoms with Crippen molar-refractivity contribution in [2.45, 2.75) is 39.2 Å². The number of carbonyl (C=O) groups excluding carboxylic acids is 1. The molecule has 1 aromatic heterocycles. The zero-order valence-corrected chi connectivity index (χ0v) is 15.5. The fourth-order valence-corrected chi connectivity index (χ4v) is 2.50. The fraction of sp³-hybridized carbons (Fsp3) is 0.300. The molecule has 0 aliphatic heterocycles. The lowest BCUT2D eigenvalue weighted by Gasteiger charge is -2.19. The van der Waals surface area contributed by atoms with E-state index in [0.29, 0.717) is 5.82 Å². The van der Waals surface area contributed by atoms with Crippen LogP contribution in [-0.2, 0) is 10.2 Å². The minimum absolute atomic E-state index is 0.0777. The Labute approximate surface area is 153 Å². The van der Waals surface area contributed by atoms with E-state index < -0.39 is 6.04 Å². The molecule has 0 aliphatic carbocycles. The van der Waals surface area contributed by atoms with Gasteiger partial charge in [0.15, 0.2) is 0 Å². The van der Waals surface area contributed by atoms with Crippen molar-refractivity contribution in [3.05, 3.63) is 60.2 Å². The Hall–Kier alpha value is -3.02. The van der Waals surface area contributed by atoms with Crippen LogP contribution in [0.4, 0.5) is 5.69 Å². The van der Waals surface area contributed by atoms with Gasteiger partial charge in [0.05, 0.1) is 0 Å². The molecular weight excluding hydrogens is 326 g/mol. The zero-order valence-electron chi connectivity index (χ0n) is 15.5. The Balaban J connectivity index is 1.69. The Bertz CT molecular complexity index is 879. The van der Waals surface area contributed by atoms with Crippen molar-refractivity contribution >= 4 is 11.6 Å². The summed E-state index contributed by atoms with van der Waals surface area (Å²) < 4.78 is 0. The predicted octanol–water partition coefficient (Wildman–Crippen LogP) is 3.84. The van der Waals surface area contributed by atoms with E-state index in [2.05, 4.69) is 41.5 Å². The van der Waals surface area contributed by atoms with E-state index >= 15 is 0 Å². The summed E-state index contributed by atoms with van der Waals surface area (Å²) in [5.74, 6) is 0.310. The number of tetrazole rings is 1. The van der Waals surface area contributed by atoms with Crippen molar-refractivity contribution in [2.75, 3.05) is 5.32 Å². The third-order valence-electron chi connectivity index (χ3n) is 4.20. The van der Waals surface area contributed by atoms with Gasteiger partial charge in [-0.3, -0.25) is 4.79 Å². The van der Waals surface area contributed by atoms with Crippen LogP contribution in [0.3, 0.4) is 0 Å². The first kappa shape index (κ1) is 17.8. The van der Waals surface area contributed by atoms with Gasteiger partial charge in [-0.05, 0) is 35.2 Å². The van der Waals surface area contributed by atoms with Crippen molar-refractivity contribution in [2.24, 2.45) is 0 Å². The maximum Gasteiger partial charge on any atom is 0.250 e. The number of rotatable bonds is 4. The predicted molar refractivity (Wildman–Crippen MR) is 102 cm³/mol. The highest BCUT2D eigenvalue weighted by Gasteiger charge is 2.19. The molecule has 1 atom stereocenters. The van der Waals surface area contributed by atoms with Gasteiger partial charge in [-0.15, -0.1) is 10.2 Å². The Morgan fingerprint density at radius 1 is 1.04 bits per heavy atom. The summed E-state index contributed by atoms with van der Waals surface area (Å²) >= 11 is 0. The Morgan fingerprint density at radius 3 is 2.31 bits per heavy atom. The highest BCUT2D eigenvalue weighted by atomic mass is 16.2. The number of nitrogens with one attached hydrogen (secondary N) is 1. The largest absolute Gasteiger partial charge is 0.324 e. The molecule has 0 aliphatic rings. The van der Waals surface area contributed by atoms with Crippen molar-refractivity contribution in [1.82, 2.24) is 20.2 Å². The van der Waals surface area contributed by atoms with Crippen LogP contribution < -0.4 is 5.32 Å². The zero-order chi connectivity index (χ0) is 18.7. The molecule has 3 aromatic rings. The molecule has 6 heteroatoms. The summed E-state index contributed by atoms with van der Waals surface area (Å²) in [6.45, 7) is 8.21. The van der Waals surface area contributed by atoms with Crippen molar-refractivity contribution < 1.29 is 4.79 Å². The first-order valence-electron chi connectivity index (χ1n) is 8.61. The Morgan fingerprint density at radius 2 is 1.69 bits per heavy atom. The van der Waals surface area contributed by atoms with Crippen LogP contribution in [0.15, 0.2) is 54.6 Å². The van der Waals surface area contributed by atoms with E-state index in [0.717, 1.165) is 11.3 Å². The molecule has 0 saturated carbocycles. The summed E-state index contributed by atoms with van der Waals surface area (Å²) in [6, 6.07) is 16.9. The normalized spacial score (nSPS) is 12.6. The highest BCUT2D eigenvalue weighted by molar-refractivity contribution is 5.93. The third kappa shape index (κ3) is 3.96. The molecule has 0 spiro atoms. The van der Waals surface area contributed by atoms with Gasteiger partial charge >= 0.3 is 0 Å². The van der Waals surface area contributed by atoms with Crippen LogP contribution in [0.5, 0.6) is 0 Å². The van der Waals surface area contributed by atoms with Gasteiger partial charge in [-0.2, -0.15) is 4.80 Å². The number of carbonyl (C=O) groups is 1. The number of nitrogens with zero attached hydrogens (tertiary/aromatic N) is 4. The van der Waals surface area contributed by atoms with Crippen LogP contribution in [0.2, 0.25) is 0 Å². The van der Waals surface area contributed by atoms with Gasteiger partial charge < -0.3 is 5.32 Å². The van der Waals surface area contributed by atoms with E-state index in [9.17, 15) is 4.79 Å². The number of aromatic nitrogens is 4.